The molecular weight excluding hydrogens is 237 g/mol. The second-order valence-corrected chi connectivity index (χ2v) is 4.26. The third kappa shape index (κ3) is 1.51. The highest BCUT2D eigenvalue weighted by atomic mass is 19.1. The van der Waals surface area contributed by atoms with Crippen molar-refractivity contribution in [2.45, 2.75) is 13.8 Å². The first-order chi connectivity index (χ1) is 8.36. The number of halogens is 1. The first-order valence-electron chi connectivity index (χ1n) is 5.38. The lowest BCUT2D eigenvalue weighted by Crippen LogP contribution is -2.24. The van der Waals surface area contributed by atoms with Crippen molar-refractivity contribution in [3.63, 3.8) is 0 Å². The van der Waals surface area contributed by atoms with Gasteiger partial charge in [-0.05, 0) is 25.5 Å². The maximum atomic E-state index is 13.9. The van der Waals surface area contributed by atoms with Gasteiger partial charge in [0.15, 0.2) is 0 Å². The Bertz CT molecular complexity index is 731. The molecular formula is C13H12FNO3. The number of aromatic nitrogens is 1. The van der Waals surface area contributed by atoms with Crippen LogP contribution in [0.2, 0.25) is 0 Å². The normalized spacial score (nSPS) is 10.9. The van der Waals surface area contributed by atoms with Crippen LogP contribution in [0.5, 0.6) is 0 Å². The summed E-state index contributed by atoms with van der Waals surface area (Å²) in [5.41, 5.74) is 0.349. The Kier molecular flexibility index (Phi) is 2.69. The molecule has 1 N–H and O–H groups in total. The summed E-state index contributed by atoms with van der Waals surface area (Å²) in [7, 11) is 1.51. The molecule has 18 heavy (non-hydrogen) atoms. The second kappa shape index (κ2) is 3.94. The molecule has 94 valence electrons. The first-order valence-corrected chi connectivity index (χ1v) is 5.38. The number of nitrogens with zero attached hydrogens (tertiary/aromatic N) is 1. The molecule has 5 heteroatoms. The Morgan fingerprint density at radius 1 is 1.33 bits per heavy atom. The van der Waals surface area contributed by atoms with Crippen LogP contribution in [0.25, 0.3) is 10.9 Å². The fourth-order valence-corrected chi connectivity index (χ4v) is 2.26. The van der Waals surface area contributed by atoms with Gasteiger partial charge in [0.1, 0.15) is 5.82 Å². The number of fused-ring (bicyclic) bond motifs is 1. The Hall–Kier alpha value is -2.17. The van der Waals surface area contributed by atoms with Crippen molar-refractivity contribution in [1.82, 2.24) is 4.57 Å². The maximum absolute atomic E-state index is 13.9. The van der Waals surface area contributed by atoms with Gasteiger partial charge in [-0.15, -0.1) is 0 Å². The van der Waals surface area contributed by atoms with Crippen LogP contribution in [0.4, 0.5) is 4.39 Å². The monoisotopic (exact) mass is 249 g/mol. The van der Waals surface area contributed by atoms with Gasteiger partial charge in [0.2, 0.25) is 0 Å². The number of hydrogen-bond donors (Lipinski definition) is 1. The Balaban J connectivity index is 3.23. The molecule has 0 bridgehead atoms. The van der Waals surface area contributed by atoms with E-state index >= 15 is 0 Å². The molecule has 0 amide bonds. The molecule has 2 aromatic rings. The smallest absolute Gasteiger partial charge is 0.336 e. The van der Waals surface area contributed by atoms with Crippen LogP contribution >= 0.6 is 0 Å². The van der Waals surface area contributed by atoms with Gasteiger partial charge in [-0.2, -0.15) is 0 Å². The zero-order valence-electron chi connectivity index (χ0n) is 10.2. The van der Waals surface area contributed by atoms with Gasteiger partial charge in [-0.1, -0.05) is 6.07 Å². The molecule has 0 aliphatic carbocycles. The van der Waals surface area contributed by atoms with Crippen LogP contribution in [-0.2, 0) is 7.05 Å². The lowest BCUT2D eigenvalue weighted by Gasteiger charge is -2.13. The Morgan fingerprint density at radius 2 is 1.94 bits per heavy atom. The van der Waals surface area contributed by atoms with E-state index in [4.69, 9.17) is 0 Å². The van der Waals surface area contributed by atoms with Gasteiger partial charge in [-0.25, -0.2) is 9.18 Å². The van der Waals surface area contributed by atoms with E-state index in [9.17, 15) is 19.1 Å². The third-order valence-corrected chi connectivity index (χ3v) is 3.13. The van der Waals surface area contributed by atoms with E-state index in [-0.39, 0.29) is 16.5 Å². The average Bonchev–Trinajstić information content (AvgIpc) is 2.30. The number of carboxylic acids is 1. The van der Waals surface area contributed by atoms with Gasteiger partial charge >= 0.3 is 5.97 Å². The molecule has 0 atom stereocenters. The van der Waals surface area contributed by atoms with Crippen LogP contribution in [0.15, 0.2) is 16.9 Å². The number of rotatable bonds is 1. The van der Waals surface area contributed by atoms with Crippen molar-refractivity contribution in [1.29, 1.82) is 0 Å². The number of aromatic carboxylic acids is 1. The van der Waals surface area contributed by atoms with E-state index in [2.05, 4.69) is 0 Å². The molecule has 0 aliphatic heterocycles. The molecule has 1 heterocycles. The van der Waals surface area contributed by atoms with E-state index in [1.807, 2.05) is 0 Å². The van der Waals surface area contributed by atoms with E-state index in [1.165, 1.54) is 30.7 Å². The van der Waals surface area contributed by atoms with E-state index < -0.39 is 17.3 Å². The molecule has 0 fully saturated rings. The zero-order chi connectivity index (χ0) is 13.6. The molecule has 0 spiro atoms. The minimum Gasteiger partial charge on any atom is -0.478 e. The van der Waals surface area contributed by atoms with Gasteiger partial charge in [0, 0.05) is 18.0 Å². The largest absolute Gasteiger partial charge is 0.478 e. The van der Waals surface area contributed by atoms with Crippen LogP contribution in [0.1, 0.15) is 21.5 Å². The minimum atomic E-state index is -1.29. The highest BCUT2D eigenvalue weighted by molar-refractivity contribution is 6.04. The average molecular weight is 249 g/mol. The number of aryl methyl sites for hydroxylation is 2. The predicted molar refractivity (Wildman–Crippen MR) is 65.6 cm³/mol. The second-order valence-electron chi connectivity index (χ2n) is 4.26. The van der Waals surface area contributed by atoms with Gasteiger partial charge in [0.05, 0.1) is 11.1 Å². The van der Waals surface area contributed by atoms with Crippen molar-refractivity contribution >= 4 is 16.9 Å². The summed E-state index contributed by atoms with van der Waals surface area (Å²) in [6.45, 7) is 3.11. The van der Waals surface area contributed by atoms with Crippen LogP contribution in [0.3, 0.4) is 0 Å². The summed E-state index contributed by atoms with van der Waals surface area (Å²) in [5, 5.41) is 9.17. The summed E-state index contributed by atoms with van der Waals surface area (Å²) in [4.78, 5) is 23.2. The lowest BCUT2D eigenvalue weighted by molar-refractivity contribution is 0.0697. The summed E-state index contributed by atoms with van der Waals surface area (Å²) in [5.74, 6) is -1.92. The van der Waals surface area contributed by atoms with E-state index in [0.717, 1.165) is 0 Å². The summed E-state index contributed by atoms with van der Waals surface area (Å²) >= 11 is 0. The number of carboxylic acid groups (broad SMARTS) is 1. The van der Waals surface area contributed by atoms with Crippen molar-refractivity contribution in [3.05, 3.63) is 45.0 Å². The highest BCUT2D eigenvalue weighted by Gasteiger charge is 2.21. The topological polar surface area (TPSA) is 59.3 Å². The van der Waals surface area contributed by atoms with Crippen molar-refractivity contribution in [2.75, 3.05) is 0 Å². The molecule has 0 saturated heterocycles. The zero-order valence-corrected chi connectivity index (χ0v) is 10.2. The number of carbonyl (C=O) groups is 1. The third-order valence-electron chi connectivity index (χ3n) is 3.13. The molecule has 0 radical (unpaired) electrons. The number of benzene rings is 1. The molecule has 2 rings (SSSR count). The highest BCUT2D eigenvalue weighted by Crippen LogP contribution is 2.25. The molecule has 0 unspecified atom stereocenters. The number of pyridine rings is 1. The van der Waals surface area contributed by atoms with Crippen molar-refractivity contribution < 1.29 is 14.3 Å². The summed E-state index contributed by atoms with van der Waals surface area (Å²) in [6.07, 6.45) is 0. The Morgan fingerprint density at radius 3 is 2.50 bits per heavy atom. The predicted octanol–water partition coefficient (Wildman–Crippen LogP) is 1.99. The lowest BCUT2D eigenvalue weighted by atomic mass is 10.0. The molecule has 0 saturated carbocycles. The fraction of sp³-hybridized carbons (Fsp3) is 0.231. The molecule has 0 aliphatic rings. The minimum absolute atomic E-state index is 0.0119. The van der Waals surface area contributed by atoms with E-state index in [1.54, 1.807) is 6.92 Å². The first kappa shape index (κ1) is 12.3. The van der Waals surface area contributed by atoms with Crippen LogP contribution in [-0.4, -0.2) is 15.6 Å². The number of hydrogen-bond acceptors (Lipinski definition) is 2. The van der Waals surface area contributed by atoms with Crippen LogP contribution < -0.4 is 5.56 Å². The molecule has 1 aromatic heterocycles. The quantitative estimate of drug-likeness (QED) is 0.840. The summed E-state index contributed by atoms with van der Waals surface area (Å²) < 4.78 is 15.2. The fourth-order valence-electron chi connectivity index (χ4n) is 2.26. The van der Waals surface area contributed by atoms with Gasteiger partial charge in [0.25, 0.3) is 5.56 Å². The Labute approximate surface area is 102 Å². The molecule has 1 aromatic carbocycles. The standard InChI is InChI=1S/C13H12FNO3/c1-6-4-5-8(14)10-9(13(17)18)7(2)12(16)15(3)11(6)10/h4-5H,1-3H3,(H,17,18). The van der Waals surface area contributed by atoms with Crippen molar-refractivity contribution in [3.8, 4) is 0 Å². The SMILES string of the molecule is Cc1c(C(=O)O)c2c(F)ccc(C)c2n(C)c1=O. The van der Waals surface area contributed by atoms with Gasteiger partial charge < -0.3 is 9.67 Å². The van der Waals surface area contributed by atoms with Crippen LogP contribution in [0, 0.1) is 19.7 Å². The summed E-state index contributed by atoms with van der Waals surface area (Å²) in [6, 6.07) is 2.74. The maximum Gasteiger partial charge on any atom is 0.336 e. The molecule has 4 nitrogen and oxygen atoms in total. The van der Waals surface area contributed by atoms with Crippen molar-refractivity contribution in [2.24, 2.45) is 7.05 Å². The van der Waals surface area contributed by atoms with Gasteiger partial charge in [-0.3, -0.25) is 4.79 Å². The van der Waals surface area contributed by atoms with E-state index in [0.29, 0.717) is 11.1 Å².